The molecule has 0 atom stereocenters. The van der Waals surface area contributed by atoms with Gasteiger partial charge in [0.2, 0.25) is 13.2 Å². The smallest absolute Gasteiger partial charge is 0.331 e. The molecule has 49 heavy (non-hydrogen) atoms. The van der Waals surface area contributed by atoms with E-state index in [0.717, 1.165) is 18.4 Å². The van der Waals surface area contributed by atoms with Crippen LogP contribution in [0, 0.1) is 6.92 Å². The van der Waals surface area contributed by atoms with E-state index in [1.165, 1.54) is 32.4 Å². The Labute approximate surface area is 284 Å². The highest BCUT2D eigenvalue weighted by Gasteiger charge is 2.25. The van der Waals surface area contributed by atoms with Gasteiger partial charge in [-0.05, 0) is 49.8 Å². The van der Waals surface area contributed by atoms with Gasteiger partial charge in [-0.3, -0.25) is 9.36 Å². The fourth-order valence-corrected chi connectivity index (χ4v) is 6.27. The Morgan fingerprint density at radius 2 is 1.78 bits per heavy atom. The van der Waals surface area contributed by atoms with E-state index < -0.39 is 22.7 Å². The lowest BCUT2D eigenvalue weighted by atomic mass is 10.0. The van der Waals surface area contributed by atoms with Crippen molar-refractivity contribution in [3.63, 3.8) is 0 Å². The number of carboxylic acid groups (broad SMARTS) is 1. The van der Waals surface area contributed by atoms with Crippen molar-refractivity contribution in [2.45, 2.75) is 44.4 Å². The van der Waals surface area contributed by atoms with E-state index >= 15 is 0 Å². The zero-order chi connectivity index (χ0) is 35.1. The maximum absolute atomic E-state index is 13.3. The lowest BCUT2D eigenvalue weighted by Gasteiger charge is -2.21. The van der Waals surface area contributed by atoms with E-state index in [1.807, 2.05) is 13.8 Å². The van der Waals surface area contributed by atoms with E-state index in [-0.39, 0.29) is 35.8 Å². The standard InChI is InChI=1S/C35H37N3O10S/c1-5-6-7-34-36-19-26(15-25(35(40)41)14-24-16-32-33(48-22-47-32)18-30(24)45-4)38(34)29-13-10-27(44-3)17-31(29)46-21-37(20-39)49(42,43)28-11-8-23(2)9-12-28/h8-13,15-20H,5-7,14,21-22H2,1-4H3,(H,40,41). The maximum atomic E-state index is 13.3. The number of hydrogen-bond donors (Lipinski definition) is 1. The quantitative estimate of drug-likeness (QED) is 0.0941. The SMILES string of the molecule is CCCCc1ncc(C=C(Cc2cc3c(cc2OC)OCO3)C(=O)O)n1-c1ccc(OC)cc1OCN(C=O)S(=O)(=O)c1ccc(C)cc1. The summed E-state index contributed by atoms with van der Waals surface area (Å²) in [4.78, 5) is 29.2. The van der Waals surface area contributed by atoms with Crippen LogP contribution < -0.4 is 23.7 Å². The Kier molecular flexibility index (Phi) is 10.8. The number of unbranched alkanes of at least 4 members (excludes halogenated alkanes) is 1. The number of ether oxygens (including phenoxy) is 5. The molecule has 1 amide bonds. The average Bonchev–Trinajstić information content (AvgIpc) is 3.72. The number of aliphatic carboxylic acids is 1. The molecule has 1 aromatic heterocycles. The van der Waals surface area contributed by atoms with Crippen molar-refractivity contribution < 1.29 is 46.8 Å². The molecule has 2 heterocycles. The topological polar surface area (TPSA) is 156 Å². The second-order valence-electron chi connectivity index (χ2n) is 11.1. The van der Waals surface area contributed by atoms with Crippen molar-refractivity contribution in [1.82, 2.24) is 13.9 Å². The molecule has 0 saturated carbocycles. The summed E-state index contributed by atoms with van der Waals surface area (Å²) in [7, 11) is -1.26. The lowest BCUT2D eigenvalue weighted by Crippen LogP contribution is -2.33. The molecule has 4 aromatic rings. The summed E-state index contributed by atoms with van der Waals surface area (Å²) in [5, 5.41) is 10.3. The fourth-order valence-electron chi connectivity index (χ4n) is 5.22. The molecule has 5 rings (SSSR count). The highest BCUT2D eigenvalue weighted by molar-refractivity contribution is 7.89. The van der Waals surface area contributed by atoms with Crippen LogP contribution in [0.25, 0.3) is 11.8 Å². The molecule has 0 aliphatic carbocycles. The highest BCUT2D eigenvalue weighted by Crippen LogP contribution is 2.39. The van der Waals surface area contributed by atoms with Gasteiger partial charge in [0.1, 0.15) is 23.1 Å². The Bertz CT molecular complexity index is 1970. The first-order chi connectivity index (χ1) is 23.6. The van der Waals surface area contributed by atoms with Gasteiger partial charge in [0.05, 0.1) is 36.7 Å². The van der Waals surface area contributed by atoms with Crippen LogP contribution in [-0.2, 0) is 32.5 Å². The first kappa shape index (κ1) is 34.8. The Hall–Kier alpha value is -5.50. The highest BCUT2D eigenvalue weighted by atomic mass is 32.2. The van der Waals surface area contributed by atoms with Crippen LogP contribution >= 0.6 is 0 Å². The maximum Gasteiger partial charge on any atom is 0.331 e. The molecule has 3 aromatic carbocycles. The monoisotopic (exact) mass is 691 g/mol. The summed E-state index contributed by atoms with van der Waals surface area (Å²) in [6, 6.07) is 14.4. The summed E-state index contributed by atoms with van der Waals surface area (Å²) >= 11 is 0. The molecular weight excluding hydrogens is 654 g/mol. The molecule has 0 saturated heterocycles. The molecular formula is C35H37N3O10S. The largest absolute Gasteiger partial charge is 0.497 e. The molecule has 1 aliphatic heterocycles. The number of sulfonamides is 1. The van der Waals surface area contributed by atoms with Crippen molar-refractivity contribution >= 4 is 28.5 Å². The predicted octanol–water partition coefficient (Wildman–Crippen LogP) is 5.16. The first-order valence-electron chi connectivity index (χ1n) is 15.4. The zero-order valence-electron chi connectivity index (χ0n) is 27.5. The van der Waals surface area contributed by atoms with Crippen molar-refractivity contribution in [3.05, 3.63) is 89.0 Å². The van der Waals surface area contributed by atoms with Gasteiger partial charge in [-0.15, -0.1) is 0 Å². The molecule has 1 N–H and O–H groups in total. The van der Waals surface area contributed by atoms with E-state index in [1.54, 1.807) is 53.2 Å². The van der Waals surface area contributed by atoms with Crippen molar-refractivity contribution in [2.75, 3.05) is 27.7 Å². The number of fused-ring (bicyclic) bond motifs is 1. The second-order valence-corrected chi connectivity index (χ2v) is 13.0. The number of nitrogens with zero attached hydrogens (tertiary/aromatic N) is 3. The molecule has 14 heteroatoms. The number of methoxy groups -OCH3 is 2. The number of carboxylic acids is 1. The van der Waals surface area contributed by atoms with E-state index in [4.69, 9.17) is 23.7 Å². The zero-order valence-corrected chi connectivity index (χ0v) is 28.4. The fraction of sp³-hybridized carbons (Fsp3) is 0.286. The molecule has 0 fully saturated rings. The number of aryl methyl sites for hydroxylation is 2. The van der Waals surface area contributed by atoms with Crippen LogP contribution in [0.1, 0.15) is 42.4 Å². The second kappa shape index (κ2) is 15.2. The summed E-state index contributed by atoms with van der Waals surface area (Å²) in [5.41, 5.74) is 2.33. The lowest BCUT2D eigenvalue weighted by molar-refractivity contribution is -0.132. The van der Waals surface area contributed by atoms with Crippen LogP contribution in [0.2, 0.25) is 0 Å². The number of amides is 1. The Balaban J connectivity index is 1.55. The number of carbonyl (C=O) groups excluding carboxylic acids is 1. The minimum atomic E-state index is -4.23. The van der Waals surface area contributed by atoms with Gasteiger partial charge in [0, 0.05) is 36.1 Å². The predicted molar refractivity (Wildman–Crippen MR) is 179 cm³/mol. The van der Waals surface area contributed by atoms with Crippen LogP contribution in [0.5, 0.6) is 28.7 Å². The summed E-state index contributed by atoms with van der Waals surface area (Å²) < 4.78 is 56.8. The molecule has 1 aliphatic rings. The van der Waals surface area contributed by atoms with Crippen LogP contribution in [-0.4, -0.2) is 67.5 Å². The van der Waals surface area contributed by atoms with Crippen LogP contribution in [0.4, 0.5) is 0 Å². The minimum Gasteiger partial charge on any atom is -0.497 e. The van der Waals surface area contributed by atoms with Gasteiger partial charge >= 0.3 is 5.97 Å². The summed E-state index contributed by atoms with van der Waals surface area (Å²) in [6.45, 7) is 3.27. The normalized spacial score (nSPS) is 12.4. The molecule has 0 unspecified atom stereocenters. The third kappa shape index (κ3) is 7.64. The van der Waals surface area contributed by atoms with Crippen molar-refractivity contribution in [3.8, 4) is 34.4 Å². The van der Waals surface area contributed by atoms with Crippen LogP contribution in [0.3, 0.4) is 0 Å². The van der Waals surface area contributed by atoms with Gasteiger partial charge in [-0.1, -0.05) is 31.0 Å². The minimum absolute atomic E-state index is 0.0121. The number of aromatic nitrogens is 2. The third-order valence-corrected chi connectivity index (χ3v) is 9.55. The number of hydrogen-bond acceptors (Lipinski definition) is 10. The van der Waals surface area contributed by atoms with Gasteiger partial charge in [0.15, 0.2) is 18.2 Å². The first-order valence-corrected chi connectivity index (χ1v) is 16.9. The number of benzene rings is 3. The molecule has 0 bridgehead atoms. The van der Waals surface area contributed by atoms with Gasteiger partial charge in [-0.2, -0.15) is 0 Å². The molecule has 13 nitrogen and oxygen atoms in total. The van der Waals surface area contributed by atoms with Gasteiger partial charge in [-0.25, -0.2) is 22.5 Å². The Morgan fingerprint density at radius 1 is 1.04 bits per heavy atom. The molecule has 258 valence electrons. The van der Waals surface area contributed by atoms with Gasteiger partial charge in [0.25, 0.3) is 10.0 Å². The molecule has 0 radical (unpaired) electrons. The van der Waals surface area contributed by atoms with E-state index in [2.05, 4.69) is 4.98 Å². The molecule has 0 spiro atoms. The van der Waals surface area contributed by atoms with E-state index in [9.17, 15) is 23.1 Å². The summed E-state index contributed by atoms with van der Waals surface area (Å²) in [6.07, 6.45) is 5.48. The van der Waals surface area contributed by atoms with E-state index in [0.29, 0.717) is 56.5 Å². The summed E-state index contributed by atoms with van der Waals surface area (Å²) in [5.74, 6) is 1.48. The average molecular weight is 692 g/mol. The number of rotatable bonds is 16. The van der Waals surface area contributed by atoms with Crippen molar-refractivity contribution in [1.29, 1.82) is 0 Å². The number of imidazole rings is 1. The van der Waals surface area contributed by atoms with Gasteiger partial charge < -0.3 is 28.8 Å². The third-order valence-electron chi connectivity index (χ3n) is 7.87. The Morgan fingerprint density at radius 3 is 2.43 bits per heavy atom. The van der Waals surface area contributed by atoms with Crippen LogP contribution in [0.15, 0.2) is 71.3 Å². The number of carbonyl (C=O) groups is 2. The van der Waals surface area contributed by atoms with Crippen molar-refractivity contribution in [2.24, 2.45) is 0 Å².